The molecule has 0 atom stereocenters. The van der Waals surface area contributed by atoms with Gasteiger partial charge in [-0.05, 0) is 97.9 Å². The van der Waals surface area contributed by atoms with E-state index >= 15 is 0 Å². The average Bonchev–Trinajstić information content (AvgIpc) is 3.34. The number of hydrogen-bond donors (Lipinski definition) is 0. The Kier molecular flexibility index (Phi) is 5.54. The van der Waals surface area contributed by atoms with Crippen molar-refractivity contribution in [3.63, 3.8) is 0 Å². The maximum Gasteiger partial charge on any atom is 0.0964 e. The van der Waals surface area contributed by atoms with Gasteiger partial charge in [0.1, 0.15) is 0 Å². The van der Waals surface area contributed by atoms with Crippen molar-refractivity contribution in [2.75, 3.05) is 0 Å². The second-order valence-corrected chi connectivity index (χ2v) is 12.6. The highest BCUT2D eigenvalue weighted by Gasteiger charge is 2.36. The Morgan fingerprint density at radius 3 is 2.11 bits per heavy atom. The summed E-state index contributed by atoms with van der Waals surface area (Å²) >= 11 is 0. The molecule has 45 heavy (non-hydrogen) atoms. The van der Waals surface area contributed by atoms with E-state index in [1.54, 1.807) is 0 Å². The quantitative estimate of drug-likeness (QED) is 0.197. The molecule has 0 saturated carbocycles. The lowest BCUT2D eigenvalue weighted by atomic mass is 9.82. The third kappa shape index (κ3) is 4.01. The average molecular weight is 576 g/mol. The molecular weight excluding hydrogens is 546 g/mol. The van der Waals surface area contributed by atoms with Gasteiger partial charge in [-0.1, -0.05) is 86.6 Å². The Hall–Kier alpha value is -5.67. The lowest BCUT2D eigenvalue weighted by Gasteiger charge is -2.21. The molecule has 212 valence electrons. The van der Waals surface area contributed by atoms with Crippen molar-refractivity contribution in [2.24, 2.45) is 0 Å². The SMILES string of the molecule is CC1(C)c2ccccc2-c2c(-c3cc(-c4ccc5ccncc5c4)cc(-c4cnc5c(ccc6cccnc65)c4)c3)cccc21. The molecule has 3 heterocycles. The second-order valence-electron chi connectivity index (χ2n) is 12.6. The fraction of sp³-hybridized carbons (Fsp3) is 0.0714. The fourth-order valence-electron chi connectivity index (χ4n) is 7.27. The normalized spacial score (nSPS) is 13.3. The van der Waals surface area contributed by atoms with Crippen LogP contribution in [-0.2, 0) is 5.41 Å². The van der Waals surface area contributed by atoms with E-state index in [4.69, 9.17) is 4.98 Å². The van der Waals surface area contributed by atoms with Crippen LogP contribution in [0.25, 0.3) is 77.1 Å². The van der Waals surface area contributed by atoms with Gasteiger partial charge >= 0.3 is 0 Å². The largest absolute Gasteiger partial charge is 0.264 e. The van der Waals surface area contributed by atoms with E-state index in [0.29, 0.717) is 0 Å². The molecule has 3 heteroatoms. The van der Waals surface area contributed by atoms with Crippen molar-refractivity contribution in [1.29, 1.82) is 0 Å². The molecule has 0 radical (unpaired) electrons. The molecule has 3 nitrogen and oxygen atoms in total. The predicted octanol–water partition coefficient (Wildman–Crippen LogP) is 10.6. The maximum absolute atomic E-state index is 4.97. The summed E-state index contributed by atoms with van der Waals surface area (Å²) in [6.45, 7) is 4.68. The molecule has 0 N–H and O–H groups in total. The van der Waals surface area contributed by atoms with Crippen LogP contribution in [0.4, 0.5) is 0 Å². The Balaban J connectivity index is 1.29. The van der Waals surface area contributed by atoms with Gasteiger partial charge in [-0.15, -0.1) is 0 Å². The fourth-order valence-corrected chi connectivity index (χ4v) is 7.27. The van der Waals surface area contributed by atoms with E-state index in [1.165, 1.54) is 38.8 Å². The zero-order valence-electron chi connectivity index (χ0n) is 25.1. The molecule has 0 bridgehead atoms. The van der Waals surface area contributed by atoms with E-state index in [-0.39, 0.29) is 5.41 Å². The number of benzene rings is 5. The summed E-state index contributed by atoms with van der Waals surface area (Å²) in [7, 11) is 0. The summed E-state index contributed by atoms with van der Waals surface area (Å²) in [5.41, 5.74) is 14.2. The first kappa shape index (κ1) is 25.8. The van der Waals surface area contributed by atoms with Gasteiger partial charge in [0, 0.05) is 51.9 Å². The van der Waals surface area contributed by atoms with Crippen molar-refractivity contribution in [2.45, 2.75) is 19.3 Å². The van der Waals surface area contributed by atoms with Gasteiger partial charge in [0.05, 0.1) is 11.0 Å². The highest BCUT2D eigenvalue weighted by molar-refractivity contribution is 6.04. The van der Waals surface area contributed by atoms with Crippen LogP contribution >= 0.6 is 0 Å². The van der Waals surface area contributed by atoms with Crippen LogP contribution in [-0.4, -0.2) is 15.0 Å². The van der Waals surface area contributed by atoms with Crippen LogP contribution in [0.2, 0.25) is 0 Å². The number of aromatic nitrogens is 3. The number of nitrogens with zero attached hydrogens (tertiary/aromatic N) is 3. The molecule has 9 rings (SSSR count). The zero-order valence-corrected chi connectivity index (χ0v) is 25.1. The topological polar surface area (TPSA) is 38.7 Å². The van der Waals surface area contributed by atoms with Crippen LogP contribution in [0.5, 0.6) is 0 Å². The van der Waals surface area contributed by atoms with Crippen molar-refractivity contribution < 1.29 is 0 Å². The summed E-state index contributed by atoms with van der Waals surface area (Å²) in [6.07, 6.45) is 7.63. The van der Waals surface area contributed by atoms with Gasteiger partial charge in [-0.3, -0.25) is 15.0 Å². The smallest absolute Gasteiger partial charge is 0.0964 e. The number of hydrogen-bond acceptors (Lipinski definition) is 3. The lowest BCUT2D eigenvalue weighted by molar-refractivity contribution is 0.660. The maximum atomic E-state index is 4.97. The molecule has 0 spiro atoms. The van der Waals surface area contributed by atoms with E-state index in [1.807, 2.05) is 30.9 Å². The Labute approximate surface area is 261 Å². The summed E-state index contributed by atoms with van der Waals surface area (Å²) < 4.78 is 0. The summed E-state index contributed by atoms with van der Waals surface area (Å²) in [5.74, 6) is 0. The monoisotopic (exact) mass is 575 g/mol. The highest BCUT2D eigenvalue weighted by atomic mass is 14.7. The van der Waals surface area contributed by atoms with Gasteiger partial charge in [-0.25, -0.2) is 0 Å². The molecule has 0 amide bonds. The van der Waals surface area contributed by atoms with Crippen LogP contribution in [0, 0.1) is 0 Å². The third-order valence-corrected chi connectivity index (χ3v) is 9.58. The first-order valence-corrected chi connectivity index (χ1v) is 15.4. The molecule has 1 aliphatic carbocycles. The van der Waals surface area contributed by atoms with Gasteiger partial charge in [0.25, 0.3) is 0 Å². The lowest BCUT2D eigenvalue weighted by Crippen LogP contribution is -2.14. The molecule has 5 aromatic carbocycles. The van der Waals surface area contributed by atoms with Crippen molar-refractivity contribution in [1.82, 2.24) is 15.0 Å². The molecule has 0 unspecified atom stereocenters. The van der Waals surface area contributed by atoms with Crippen molar-refractivity contribution in [3.05, 3.63) is 151 Å². The Bertz CT molecular complexity index is 2470. The minimum atomic E-state index is -0.0627. The number of rotatable bonds is 3. The molecule has 8 aromatic rings. The Morgan fingerprint density at radius 1 is 0.444 bits per heavy atom. The molecule has 3 aromatic heterocycles. The van der Waals surface area contributed by atoms with E-state index in [2.05, 4.69) is 133 Å². The summed E-state index contributed by atoms with van der Waals surface area (Å²) in [4.78, 5) is 14.0. The van der Waals surface area contributed by atoms with E-state index < -0.39 is 0 Å². The number of fused-ring (bicyclic) bond motifs is 7. The predicted molar refractivity (Wildman–Crippen MR) is 186 cm³/mol. The van der Waals surface area contributed by atoms with Crippen molar-refractivity contribution >= 4 is 32.6 Å². The van der Waals surface area contributed by atoms with E-state index in [0.717, 1.165) is 49.4 Å². The first-order chi connectivity index (χ1) is 22.0. The van der Waals surface area contributed by atoms with Gasteiger partial charge < -0.3 is 0 Å². The van der Waals surface area contributed by atoms with Gasteiger partial charge in [0.2, 0.25) is 0 Å². The molecule has 0 aliphatic heterocycles. The Morgan fingerprint density at radius 2 is 1.18 bits per heavy atom. The molecular formula is C42H29N3. The van der Waals surface area contributed by atoms with Crippen LogP contribution in [0.3, 0.4) is 0 Å². The van der Waals surface area contributed by atoms with Crippen LogP contribution < -0.4 is 0 Å². The van der Waals surface area contributed by atoms with Gasteiger partial charge in [-0.2, -0.15) is 0 Å². The number of pyridine rings is 3. The van der Waals surface area contributed by atoms with Crippen molar-refractivity contribution in [3.8, 4) is 44.5 Å². The summed E-state index contributed by atoms with van der Waals surface area (Å²) in [6, 6.07) is 41.9. The second kappa shape index (κ2) is 9.67. The molecule has 1 aliphatic rings. The minimum absolute atomic E-state index is 0.0627. The third-order valence-electron chi connectivity index (χ3n) is 9.58. The molecule has 0 saturated heterocycles. The molecule has 0 fully saturated rings. The minimum Gasteiger partial charge on any atom is -0.264 e. The first-order valence-electron chi connectivity index (χ1n) is 15.4. The van der Waals surface area contributed by atoms with Crippen LogP contribution in [0.15, 0.2) is 140 Å². The van der Waals surface area contributed by atoms with Crippen LogP contribution in [0.1, 0.15) is 25.0 Å². The summed E-state index contributed by atoms with van der Waals surface area (Å²) in [5, 5.41) is 4.49. The standard InChI is InChI=1S/C42H29N3/c1-42(2)37-10-4-3-8-36(37)39-35(9-5-11-38(39)42)32-22-30(28-14-12-26-16-18-43-24-33(26)19-28)21-31(23-32)34-20-29-15-13-27-7-6-17-44-40(27)41(29)45-25-34/h3-25H,1-2H3. The van der Waals surface area contributed by atoms with E-state index in [9.17, 15) is 0 Å². The zero-order chi connectivity index (χ0) is 30.1. The van der Waals surface area contributed by atoms with Gasteiger partial charge in [0.15, 0.2) is 0 Å². The highest BCUT2D eigenvalue weighted by Crippen LogP contribution is 2.52.